The van der Waals surface area contributed by atoms with Gasteiger partial charge in [-0.05, 0) is 25.8 Å². The number of hydrogen-bond acceptors (Lipinski definition) is 1. The number of hydrogen-bond donors (Lipinski definition) is 0. The van der Waals surface area contributed by atoms with Crippen LogP contribution in [0.5, 0.6) is 0 Å². The van der Waals surface area contributed by atoms with Gasteiger partial charge in [-0.3, -0.25) is 4.68 Å². The van der Waals surface area contributed by atoms with Gasteiger partial charge in [0.05, 0.1) is 5.69 Å². The quantitative estimate of drug-likeness (QED) is 0.707. The van der Waals surface area contributed by atoms with Gasteiger partial charge in [0, 0.05) is 12.2 Å². The molecule has 1 aromatic rings. The summed E-state index contributed by atoms with van der Waals surface area (Å²) < 4.78 is 2.07. The van der Waals surface area contributed by atoms with Crippen LogP contribution in [-0.2, 0) is 6.54 Å². The highest BCUT2D eigenvalue weighted by Crippen LogP contribution is 2.04. The Kier molecular flexibility index (Phi) is 6.26. The van der Waals surface area contributed by atoms with Crippen molar-refractivity contribution in [2.45, 2.75) is 54.5 Å². The number of aromatic nitrogens is 2. The van der Waals surface area contributed by atoms with Crippen LogP contribution in [0.15, 0.2) is 6.07 Å². The van der Waals surface area contributed by atoms with Crippen molar-refractivity contribution in [3.05, 3.63) is 17.5 Å². The van der Waals surface area contributed by atoms with Gasteiger partial charge in [0.15, 0.2) is 0 Å². The summed E-state index contributed by atoms with van der Waals surface area (Å²) in [5.41, 5.74) is 2.37. The highest BCUT2D eigenvalue weighted by molar-refractivity contribution is 5.06. The molecule has 0 bridgehead atoms. The van der Waals surface area contributed by atoms with Crippen molar-refractivity contribution >= 4 is 0 Å². The first-order valence-electron chi connectivity index (χ1n) is 5.52. The van der Waals surface area contributed by atoms with E-state index in [4.69, 9.17) is 0 Å². The Morgan fingerprint density at radius 3 is 2.07 bits per heavy atom. The number of nitrogens with zero attached hydrogens (tertiary/aromatic N) is 2. The monoisotopic (exact) mass is 196 g/mol. The van der Waals surface area contributed by atoms with E-state index in [2.05, 4.69) is 50.5 Å². The lowest BCUT2D eigenvalue weighted by atomic mass is 10.2. The molecule has 1 heterocycles. The van der Waals surface area contributed by atoms with E-state index in [0.29, 0.717) is 5.92 Å². The molecule has 0 aliphatic carbocycles. The van der Waals surface area contributed by atoms with Gasteiger partial charge >= 0.3 is 0 Å². The van der Waals surface area contributed by atoms with E-state index in [1.165, 1.54) is 12.1 Å². The predicted octanol–water partition coefficient (Wildman–Crippen LogP) is 3.57. The van der Waals surface area contributed by atoms with Crippen LogP contribution in [0, 0.1) is 19.8 Å². The zero-order valence-electron chi connectivity index (χ0n) is 10.5. The Balaban J connectivity index is 0.000000500. The number of aryl methyl sites for hydroxylation is 2. The van der Waals surface area contributed by atoms with Crippen LogP contribution < -0.4 is 0 Å². The largest absolute Gasteiger partial charge is 0.269 e. The van der Waals surface area contributed by atoms with Crippen molar-refractivity contribution in [2.75, 3.05) is 0 Å². The van der Waals surface area contributed by atoms with Gasteiger partial charge in [-0.25, -0.2) is 0 Å². The van der Waals surface area contributed by atoms with Gasteiger partial charge in [0.1, 0.15) is 0 Å². The van der Waals surface area contributed by atoms with Crippen LogP contribution in [0.2, 0.25) is 0 Å². The molecule has 0 aliphatic heterocycles. The maximum atomic E-state index is 4.37. The Hall–Kier alpha value is -0.790. The zero-order chi connectivity index (χ0) is 11.1. The van der Waals surface area contributed by atoms with Crippen LogP contribution in [0.1, 0.15) is 45.5 Å². The lowest BCUT2D eigenvalue weighted by Gasteiger charge is -2.06. The molecule has 2 heteroatoms. The topological polar surface area (TPSA) is 17.8 Å². The molecule has 0 N–H and O–H groups in total. The fraction of sp³-hybridized carbons (Fsp3) is 0.750. The lowest BCUT2D eigenvalue weighted by molar-refractivity contribution is 0.473. The molecule has 0 saturated heterocycles. The normalized spacial score (nSPS) is 9.93. The molecule has 0 amide bonds. The molecule has 0 unspecified atom stereocenters. The molecule has 0 atom stereocenters. The maximum Gasteiger partial charge on any atom is 0.0596 e. The maximum absolute atomic E-state index is 4.37. The molecule has 14 heavy (non-hydrogen) atoms. The van der Waals surface area contributed by atoms with Crippen molar-refractivity contribution in [3.8, 4) is 0 Å². The van der Waals surface area contributed by atoms with Crippen molar-refractivity contribution in [3.63, 3.8) is 0 Å². The zero-order valence-corrected chi connectivity index (χ0v) is 10.5. The highest BCUT2D eigenvalue weighted by Gasteiger charge is 2.01. The second-order valence-corrected chi connectivity index (χ2v) is 4.21. The second kappa shape index (κ2) is 6.63. The van der Waals surface area contributed by atoms with Crippen LogP contribution in [0.25, 0.3) is 0 Å². The first-order valence-corrected chi connectivity index (χ1v) is 5.52. The molecule has 0 spiro atoms. The molecular formula is C12H24N2. The van der Waals surface area contributed by atoms with Gasteiger partial charge in [0.2, 0.25) is 0 Å². The first-order chi connectivity index (χ1) is 6.51. The van der Waals surface area contributed by atoms with E-state index in [9.17, 15) is 0 Å². The van der Waals surface area contributed by atoms with E-state index in [0.717, 1.165) is 12.2 Å². The first kappa shape index (κ1) is 13.2. The van der Waals surface area contributed by atoms with Crippen LogP contribution in [-0.4, -0.2) is 9.78 Å². The Morgan fingerprint density at radius 2 is 1.79 bits per heavy atom. The van der Waals surface area contributed by atoms with Crippen LogP contribution >= 0.6 is 0 Å². The van der Waals surface area contributed by atoms with Crippen LogP contribution in [0.4, 0.5) is 0 Å². The van der Waals surface area contributed by atoms with Crippen molar-refractivity contribution < 1.29 is 0 Å². The summed E-state index contributed by atoms with van der Waals surface area (Å²) in [5.74, 6) is 0.674. The van der Waals surface area contributed by atoms with Crippen molar-refractivity contribution in [1.82, 2.24) is 9.78 Å². The molecule has 0 radical (unpaired) electrons. The smallest absolute Gasteiger partial charge is 0.0596 e. The van der Waals surface area contributed by atoms with Gasteiger partial charge in [-0.1, -0.05) is 34.1 Å². The summed E-state index contributed by atoms with van der Waals surface area (Å²) in [7, 11) is 0. The second-order valence-electron chi connectivity index (χ2n) is 4.21. The standard InChI is InChI=1S/C9H16N2.C3H8/c1-7(2)6-11-9(4)5-8(3)10-11;1-3-2/h5,7H,6H2,1-4H3;3H2,1-2H3. The Bertz CT molecular complexity index is 249. The molecule has 1 aromatic heterocycles. The van der Waals surface area contributed by atoms with E-state index in [1.807, 2.05) is 6.92 Å². The minimum Gasteiger partial charge on any atom is -0.269 e. The van der Waals surface area contributed by atoms with Crippen molar-refractivity contribution in [1.29, 1.82) is 0 Å². The Morgan fingerprint density at radius 1 is 1.29 bits per heavy atom. The summed E-state index contributed by atoms with van der Waals surface area (Å²) in [6.45, 7) is 13.8. The molecule has 0 saturated carbocycles. The van der Waals surface area contributed by atoms with Gasteiger partial charge in [-0.15, -0.1) is 0 Å². The highest BCUT2D eigenvalue weighted by atomic mass is 15.3. The molecule has 0 fully saturated rings. The van der Waals surface area contributed by atoms with Crippen LogP contribution in [0.3, 0.4) is 0 Å². The fourth-order valence-electron chi connectivity index (χ4n) is 1.21. The molecule has 0 aromatic carbocycles. The minimum atomic E-state index is 0.674. The summed E-state index contributed by atoms with van der Waals surface area (Å²) in [4.78, 5) is 0. The van der Waals surface area contributed by atoms with E-state index in [1.54, 1.807) is 0 Å². The number of rotatable bonds is 2. The fourth-order valence-corrected chi connectivity index (χ4v) is 1.21. The van der Waals surface area contributed by atoms with Gasteiger partial charge in [0.25, 0.3) is 0 Å². The summed E-state index contributed by atoms with van der Waals surface area (Å²) in [5, 5.41) is 4.37. The third-order valence-electron chi connectivity index (χ3n) is 1.64. The lowest BCUT2D eigenvalue weighted by Crippen LogP contribution is -2.07. The SMILES string of the molecule is CCC.Cc1cc(C)n(CC(C)C)n1. The third kappa shape index (κ3) is 5.05. The van der Waals surface area contributed by atoms with Gasteiger partial charge < -0.3 is 0 Å². The minimum absolute atomic E-state index is 0.674. The summed E-state index contributed by atoms with van der Waals surface area (Å²) in [6, 6.07) is 2.11. The van der Waals surface area contributed by atoms with Gasteiger partial charge in [-0.2, -0.15) is 5.10 Å². The molecular weight excluding hydrogens is 172 g/mol. The molecule has 2 nitrogen and oxygen atoms in total. The molecule has 1 rings (SSSR count). The molecule has 0 aliphatic rings. The summed E-state index contributed by atoms with van der Waals surface area (Å²) >= 11 is 0. The van der Waals surface area contributed by atoms with E-state index in [-0.39, 0.29) is 0 Å². The van der Waals surface area contributed by atoms with E-state index < -0.39 is 0 Å². The summed E-state index contributed by atoms with van der Waals surface area (Å²) in [6.07, 6.45) is 1.25. The average molecular weight is 196 g/mol. The molecule has 82 valence electrons. The third-order valence-corrected chi connectivity index (χ3v) is 1.64. The predicted molar refractivity (Wildman–Crippen MR) is 62.5 cm³/mol. The Labute approximate surface area is 88.3 Å². The van der Waals surface area contributed by atoms with E-state index >= 15 is 0 Å². The van der Waals surface area contributed by atoms with Crippen molar-refractivity contribution in [2.24, 2.45) is 5.92 Å². The average Bonchev–Trinajstić information content (AvgIpc) is 2.30.